The standard InChI is InChI=1S/C30H29BrCl2N2O6/c31-14-34-27(39)29(32)12-21-19(7-8-20-23(21)26(38)35(25(20)37)17-4-2-1-3-5-17)24(30(29,33)28(34)40)16-10-15-11-18(36)6-9-22(15)41-13-16/h6-7,9,11,13,17,20-21,23-24,36H,1-5,8,10,12,14H2. The van der Waals surface area contributed by atoms with E-state index in [9.17, 15) is 24.3 Å². The Morgan fingerprint density at radius 2 is 1.78 bits per heavy atom. The Hall–Kier alpha value is -2.36. The topological polar surface area (TPSA) is 104 Å². The van der Waals surface area contributed by atoms with E-state index < -0.39 is 45.2 Å². The molecule has 11 heteroatoms. The van der Waals surface area contributed by atoms with Crippen molar-refractivity contribution >= 4 is 62.8 Å². The number of halogens is 3. The van der Waals surface area contributed by atoms with Crippen LogP contribution in [0.2, 0.25) is 0 Å². The minimum Gasteiger partial charge on any atom is -0.508 e. The fraction of sp³-hybridized carbons (Fsp3) is 0.533. The van der Waals surface area contributed by atoms with Crippen molar-refractivity contribution in [2.75, 3.05) is 5.45 Å². The van der Waals surface area contributed by atoms with Crippen molar-refractivity contribution in [3.8, 4) is 11.5 Å². The van der Waals surface area contributed by atoms with Crippen LogP contribution in [0, 0.1) is 23.7 Å². The maximum Gasteiger partial charge on any atom is 0.254 e. The number of phenolic OH excluding ortho intramolecular Hbond substituents is 1. The van der Waals surface area contributed by atoms with Crippen LogP contribution in [-0.2, 0) is 25.6 Å². The maximum atomic E-state index is 14.1. The highest BCUT2D eigenvalue weighted by Gasteiger charge is 2.76. The third-order valence-corrected chi connectivity index (χ3v) is 12.1. The van der Waals surface area contributed by atoms with Crippen molar-refractivity contribution in [1.29, 1.82) is 0 Å². The Morgan fingerprint density at radius 1 is 1.02 bits per heavy atom. The summed E-state index contributed by atoms with van der Waals surface area (Å²) in [6, 6.07) is 4.68. The molecule has 216 valence electrons. The Labute approximate surface area is 255 Å². The monoisotopic (exact) mass is 662 g/mol. The highest BCUT2D eigenvalue weighted by molar-refractivity contribution is 9.09. The van der Waals surface area contributed by atoms with Crippen LogP contribution in [0.15, 0.2) is 41.7 Å². The molecule has 7 rings (SSSR count). The second-order valence-corrected chi connectivity index (χ2v) is 13.8. The summed E-state index contributed by atoms with van der Waals surface area (Å²) >= 11 is 17.9. The van der Waals surface area contributed by atoms with Crippen LogP contribution in [0.25, 0.3) is 0 Å². The number of likely N-dealkylation sites (tertiary alicyclic amines) is 2. The number of alkyl halides is 3. The number of carbonyl (C=O) groups excluding carboxylic acids is 4. The molecule has 0 bridgehead atoms. The zero-order chi connectivity index (χ0) is 28.8. The van der Waals surface area contributed by atoms with Gasteiger partial charge in [-0.25, -0.2) is 0 Å². The molecule has 0 aromatic heterocycles. The minimum atomic E-state index is -1.87. The highest BCUT2D eigenvalue weighted by atomic mass is 79.9. The molecular weight excluding hydrogens is 635 g/mol. The average Bonchev–Trinajstić information content (AvgIpc) is 3.30. The normalized spacial score (nSPS) is 36.8. The predicted octanol–water partition coefficient (Wildman–Crippen LogP) is 4.79. The van der Waals surface area contributed by atoms with Gasteiger partial charge in [0.15, 0.2) is 9.75 Å². The van der Waals surface area contributed by atoms with Gasteiger partial charge in [-0.3, -0.25) is 29.0 Å². The smallest absolute Gasteiger partial charge is 0.254 e. The Bertz CT molecular complexity index is 1460. The van der Waals surface area contributed by atoms with Gasteiger partial charge in [0.1, 0.15) is 11.5 Å². The molecule has 3 aliphatic carbocycles. The molecule has 2 saturated heterocycles. The molecule has 0 radical (unpaired) electrons. The number of nitrogens with zero attached hydrogens (tertiary/aromatic N) is 2. The van der Waals surface area contributed by atoms with Crippen LogP contribution in [0.1, 0.15) is 50.5 Å². The van der Waals surface area contributed by atoms with Gasteiger partial charge in [-0.15, -0.1) is 23.2 Å². The largest absolute Gasteiger partial charge is 0.508 e. The van der Waals surface area contributed by atoms with E-state index in [-0.39, 0.29) is 35.5 Å². The molecular formula is C30H29BrCl2N2O6. The first-order valence-electron chi connectivity index (χ1n) is 14.2. The van der Waals surface area contributed by atoms with Gasteiger partial charge < -0.3 is 9.84 Å². The fourth-order valence-corrected chi connectivity index (χ4v) is 9.73. The van der Waals surface area contributed by atoms with E-state index in [1.807, 2.05) is 6.08 Å². The molecule has 2 saturated carbocycles. The molecule has 6 aliphatic rings. The number of allylic oxidation sites excluding steroid dienone is 3. The molecule has 4 amide bonds. The number of imide groups is 2. The molecule has 6 unspecified atom stereocenters. The predicted molar refractivity (Wildman–Crippen MR) is 153 cm³/mol. The van der Waals surface area contributed by atoms with E-state index in [0.29, 0.717) is 29.7 Å². The van der Waals surface area contributed by atoms with Gasteiger partial charge in [-0.2, -0.15) is 0 Å². The lowest BCUT2D eigenvalue weighted by atomic mass is 9.56. The Kier molecular flexibility index (Phi) is 6.42. The summed E-state index contributed by atoms with van der Waals surface area (Å²) in [6.45, 7) is 0. The van der Waals surface area contributed by atoms with Crippen LogP contribution in [0.4, 0.5) is 0 Å². The number of carbonyl (C=O) groups is 4. The molecule has 3 aliphatic heterocycles. The van der Waals surface area contributed by atoms with Gasteiger partial charge >= 0.3 is 0 Å². The summed E-state index contributed by atoms with van der Waals surface area (Å²) in [5.41, 5.74) is 2.00. The van der Waals surface area contributed by atoms with Gasteiger partial charge in [0, 0.05) is 23.9 Å². The summed E-state index contributed by atoms with van der Waals surface area (Å²) in [7, 11) is 0. The van der Waals surface area contributed by atoms with E-state index in [1.165, 1.54) is 11.0 Å². The summed E-state index contributed by atoms with van der Waals surface area (Å²) in [5, 5.41) is 10.1. The summed E-state index contributed by atoms with van der Waals surface area (Å²) < 4.78 is 5.94. The number of phenols is 1. The first-order valence-corrected chi connectivity index (χ1v) is 16.0. The summed E-state index contributed by atoms with van der Waals surface area (Å²) in [4.78, 5) is 54.3. The van der Waals surface area contributed by atoms with Gasteiger partial charge in [0.2, 0.25) is 11.8 Å². The van der Waals surface area contributed by atoms with E-state index in [0.717, 1.165) is 42.6 Å². The number of benzene rings is 1. The maximum absolute atomic E-state index is 14.1. The van der Waals surface area contributed by atoms with Gasteiger partial charge in [-0.1, -0.05) is 46.8 Å². The van der Waals surface area contributed by atoms with Crippen molar-refractivity contribution < 1.29 is 29.0 Å². The van der Waals surface area contributed by atoms with Gasteiger partial charge in [0.05, 0.1) is 23.6 Å². The van der Waals surface area contributed by atoms with Crippen LogP contribution in [0.5, 0.6) is 11.5 Å². The quantitative estimate of drug-likeness (QED) is 0.216. The number of fused-ring (bicyclic) bond motifs is 5. The molecule has 6 atom stereocenters. The number of rotatable bonds is 3. The molecule has 8 nitrogen and oxygen atoms in total. The lowest BCUT2D eigenvalue weighted by Gasteiger charge is -2.51. The van der Waals surface area contributed by atoms with E-state index >= 15 is 0 Å². The van der Waals surface area contributed by atoms with E-state index in [4.69, 9.17) is 27.9 Å². The number of ether oxygens (including phenoxy) is 1. The third-order valence-electron chi connectivity index (χ3n) is 10.1. The molecule has 1 aromatic carbocycles. The van der Waals surface area contributed by atoms with Crippen molar-refractivity contribution in [3.05, 3.63) is 47.2 Å². The number of aromatic hydroxyl groups is 1. The second-order valence-electron chi connectivity index (χ2n) is 12.1. The Morgan fingerprint density at radius 3 is 2.51 bits per heavy atom. The molecule has 3 heterocycles. The highest BCUT2D eigenvalue weighted by Crippen LogP contribution is 2.65. The van der Waals surface area contributed by atoms with E-state index in [1.54, 1.807) is 18.4 Å². The third kappa shape index (κ3) is 3.64. The summed E-state index contributed by atoms with van der Waals surface area (Å²) in [6.07, 6.45) is 8.77. The van der Waals surface area contributed by atoms with Gasteiger partial charge in [0.25, 0.3) is 11.8 Å². The molecule has 4 fully saturated rings. The average molecular weight is 664 g/mol. The first kappa shape index (κ1) is 27.5. The lowest BCUT2D eigenvalue weighted by Crippen LogP contribution is -2.61. The molecule has 0 spiro atoms. The number of hydrogen-bond donors (Lipinski definition) is 1. The van der Waals surface area contributed by atoms with Crippen molar-refractivity contribution in [3.63, 3.8) is 0 Å². The molecule has 1 N–H and O–H groups in total. The zero-order valence-electron chi connectivity index (χ0n) is 22.2. The van der Waals surface area contributed by atoms with Crippen molar-refractivity contribution in [2.45, 2.75) is 67.2 Å². The number of hydrogen-bond acceptors (Lipinski definition) is 6. The fourth-order valence-electron chi connectivity index (χ4n) is 8.29. The van der Waals surface area contributed by atoms with Crippen molar-refractivity contribution in [1.82, 2.24) is 9.80 Å². The number of amides is 4. The Balaban J connectivity index is 1.34. The first-order chi connectivity index (χ1) is 19.6. The molecule has 41 heavy (non-hydrogen) atoms. The van der Waals surface area contributed by atoms with Crippen molar-refractivity contribution in [2.24, 2.45) is 23.7 Å². The molecule has 1 aromatic rings. The zero-order valence-corrected chi connectivity index (χ0v) is 25.3. The van der Waals surface area contributed by atoms with Gasteiger partial charge in [-0.05, 0) is 55.4 Å². The lowest BCUT2D eigenvalue weighted by molar-refractivity contribution is -0.144. The van der Waals surface area contributed by atoms with Crippen LogP contribution < -0.4 is 4.74 Å². The van der Waals surface area contributed by atoms with Crippen LogP contribution in [-0.4, -0.2) is 59.8 Å². The van der Waals surface area contributed by atoms with E-state index in [2.05, 4.69) is 15.9 Å². The SMILES string of the molecule is O=C1C2CC=C3C(CC4(Cl)C(=O)N(CBr)C(=O)C4(Cl)C3C3=COc4ccc(O)cc4C3)C2C(=O)N1C1CCCCC1. The summed E-state index contributed by atoms with van der Waals surface area (Å²) in [5.74, 6) is -3.56. The minimum absolute atomic E-state index is 0.0291. The van der Waals surface area contributed by atoms with Crippen LogP contribution >= 0.6 is 39.1 Å². The second kappa shape index (κ2) is 9.58. The van der Waals surface area contributed by atoms with Crippen LogP contribution in [0.3, 0.4) is 0 Å².